The molecule has 0 aliphatic heterocycles. The van der Waals surface area contributed by atoms with Crippen molar-refractivity contribution >= 4 is 0 Å². The maximum atomic E-state index is 5.20. The van der Waals surface area contributed by atoms with E-state index < -0.39 is 0 Å². The summed E-state index contributed by atoms with van der Waals surface area (Å²) in [6.07, 6.45) is 3.07. The van der Waals surface area contributed by atoms with Crippen molar-refractivity contribution in [3.05, 3.63) is 11.8 Å². The molecule has 0 aromatic heterocycles. The fourth-order valence-electron chi connectivity index (χ4n) is 0.572. The largest absolute Gasteiger partial charge is 0.328 e. The van der Waals surface area contributed by atoms with E-state index in [2.05, 4.69) is 18.5 Å². The summed E-state index contributed by atoms with van der Waals surface area (Å²) >= 11 is 0. The highest BCUT2D eigenvalue weighted by atomic mass is 16.6. The van der Waals surface area contributed by atoms with Gasteiger partial charge in [-0.25, -0.2) is 0 Å². The number of hydrogen-bond acceptors (Lipinski definition) is 3. The predicted octanol–water partition coefficient (Wildman–Crippen LogP) is 0.780. The van der Waals surface area contributed by atoms with Crippen molar-refractivity contribution in [3.63, 3.8) is 0 Å². The minimum absolute atomic E-state index is 0.548. The Balaban J connectivity index is 3.21. The van der Waals surface area contributed by atoms with Crippen LogP contribution in [0.2, 0.25) is 0 Å². The number of hydroxylamine groups is 1. The predicted molar refractivity (Wildman–Crippen MR) is 42.2 cm³/mol. The molecule has 0 aromatic rings. The molecule has 0 rings (SSSR count). The summed E-state index contributed by atoms with van der Waals surface area (Å²) in [6.45, 7) is 5.13. The summed E-state index contributed by atoms with van der Waals surface area (Å²) in [5.41, 5.74) is 9.01. The highest BCUT2D eigenvalue weighted by Crippen LogP contribution is 1.88. The molecule has 0 aromatic carbocycles. The molecule has 0 amide bonds. The van der Waals surface area contributed by atoms with Crippen LogP contribution in [-0.2, 0) is 4.84 Å². The van der Waals surface area contributed by atoms with E-state index in [-0.39, 0.29) is 0 Å². The molecule has 10 heavy (non-hydrogen) atoms. The third kappa shape index (κ3) is 5.59. The topological polar surface area (TPSA) is 47.3 Å². The molecule has 0 bridgehead atoms. The number of allylic oxidation sites excluding steroid dienone is 2. The summed E-state index contributed by atoms with van der Waals surface area (Å²) in [5.74, 6) is 0. The summed E-state index contributed by atoms with van der Waals surface area (Å²) in [5, 5.41) is 0. The van der Waals surface area contributed by atoms with Crippen LogP contribution in [0, 0.1) is 0 Å². The normalized spacial score (nSPS) is 11.7. The lowest BCUT2D eigenvalue weighted by atomic mass is 10.4. The average Bonchev–Trinajstić information content (AvgIpc) is 1.89. The van der Waals surface area contributed by atoms with Crippen molar-refractivity contribution in [1.82, 2.24) is 5.48 Å². The lowest BCUT2D eigenvalue weighted by Gasteiger charge is -2.04. The van der Waals surface area contributed by atoms with Gasteiger partial charge in [0.2, 0.25) is 0 Å². The molecule has 0 saturated carbocycles. The highest BCUT2D eigenvalue weighted by Gasteiger charge is 1.84. The van der Waals surface area contributed by atoms with Crippen LogP contribution in [0.4, 0.5) is 0 Å². The van der Waals surface area contributed by atoms with Crippen LogP contribution < -0.4 is 11.2 Å². The lowest BCUT2D eigenvalue weighted by molar-refractivity contribution is 0.0688. The molecular formula is C7H16N2O. The van der Waals surface area contributed by atoms with Crippen molar-refractivity contribution in [2.45, 2.75) is 20.3 Å². The van der Waals surface area contributed by atoms with E-state index in [1.54, 1.807) is 0 Å². The Labute approximate surface area is 62.2 Å². The molecular weight excluding hydrogens is 128 g/mol. The first-order valence-corrected chi connectivity index (χ1v) is 3.56. The van der Waals surface area contributed by atoms with E-state index in [1.165, 1.54) is 0 Å². The maximum absolute atomic E-state index is 5.20. The van der Waals surface area contributed by atoms with Crippen molar-refractivity contribution in [3.8, 4) is 0 Å². The van der Waals surface area contributed by atoms with E-state index in [1.807, 2.05) is 6.92 Å². The summed E-state index contributed by atoms with van der Waals surface area (Å²) < 4.78 is 0. The molecule has 0 heterocycles. The Kier molecular flexibility index (Phi) is 6.22. The molecule has 0 spiro atoms. The van der Waals surface area contributed by atoms with Gasteiger partial charge in [-0.3, -0.25) is 10.3 Å². The Bertz CT molecular complexity index is 102. The van der Waals surface area contributed by atoms with E-state index >= 15 is 0 Å². The Morgan fingerprint density at radius 3 is 2.90 bits per heavy atom. The fourth-order valence-corrected chi connectivity index (χ4v) is 0.572. The fraction of sp³-hybridized carbons (Fsp3) is 0.714. The molecule has 0 unspecified atom stereocenters. The van der Waals surface area contributed by atoms with Gasteiger partial charge in [0.15, 0.2) is 0 Å². The molecule has 3 N–H and O–H groups in total. The summed E-state index contributed by atoms with van der Waals surface area (Å²) in [6, 6.07) is 0. The van der Waals surface area contributed by atoms with Gasteiger partial charge in [0, 0.05) is 12.2 Å². The van der Waals surface area contributed by atoms with Crippen LogP contribution in [0.25, 0.3) is 0 Å². The molecule has 3 nitrogen and oxygen atoms in total. The second-order valence-electron chi connectivity index (χ2n) is 2.03. The van der Waals surface area contributed by atoms with Gasteiger partial charge in [-0.05, 0) is 13.3 Å². The molecule has 60 valence electrons. The zero-order chi connectivity index (χ0) is 7.82. The molecule has 0 saturated heterocycles. The summed E-state index contributed by atoms with van der Waals surface area (Å²) in [7, 11) is 0. The minimum Gasteiger partial charge on any atom is -0.328 e. The van der Waals surface area contributed by atoms with Gasteiger partial charge < -0.3 is 5.73 Å². The van der Waals surface area contributed by atoms with Crippen LogP contribution in [0.3, 0.4) is 0 Å². The first-order valence-electron chi connectivity index (χ1n) is 3.56. The molecule has 0 aliphatic carbocycles. The monoisotopic (exact) mass is 144 g/mol. The van der Waals surface area contributed by atoms with Gasteiger partial charge in [-0.15, -0.1) is 0 Å². The van der Waals surface area contributed by atoms with Gasteiger partial charge in [-0.1, -0.05) is 13.0 Å². The zero-order valence-corrected chi connectivity index (χ0v) is 6.68. The van der Waals surface area contributed by atoms with Crippen molar-refractivity contribution < 1.29 is 4.84 Å². The van der Waals surface area contributed by atoms with Crippen LogP contribution in [0.15, 0.2) is 11.8 Å². The Morgan fingerprint density at radius 2 is 2.40 bits per heavy atom. The van der Waals surface area contributed by atoms with Gasteiger partial charge in [0.25, 0.3) is 0 Å². The third-order valence-corrected chi connectivity index (χ3v) is 0.963. The molecule has 0 fully saturated rings. The van der Waals surface area contributed by atoms with E-state index in [0.717, 1.165) is 12.1 Å². The van der Waals surface area contributed by atoms with Crippen molar-refractivity contribution in [2.75, 3.05) is 13.2 Å². The second kappa shape index (κ2) is 6.58. The van der Waals surface area contributed by atoms with Gasteiger partial charge in [0.05, 0.1) is 6.61 Å². The van der Waals surface area contributed by atoms with Gasteiger partial charge in [0.1, 0.15) is 0 Å². The number of nitrogens with one attached hydrogen (secondary N) is 1. The minimum atomic E-state index is 0.548. The zero-order valence-electron chi connectivity index (χ0n) is 6.68. The number of nitrogens with two attached hydrogens (primary N) is 1. The molecule has 3 heteroatoms. The number of hydrogen-bond donors (Lipinski definition) is 2. The van der Waals surface area contributed by atoms with E-state index in [0.29, 0.717) is 13.2 Å². The first kappa shape index (κ1) is 9.46. The quantitative estimate of drug-likeness (QED) is 0.443. The summed E-state index contributed by atoms with van der Waals surface area (Å²) in [4.78, 5) is 4.95. The third-order valence-electron chi connectivity index (χ3n) is 0.963. The van der Waals surface area contributed by atoms with Crippen LogP contribution in [0.1, 0.15) is 20.3 Å². The van der Waals surface area contributed by atoms with Crippen LogP contribution >= 0.6 is 0 Å². The van der Waals surface area contributed by atoms with Crippen LogP contribution in [0.5, 0.6) is 0 Å². The maximum Gasteiger partial charge on any atom is 0.0868 e. The molecule has 0 aliphatic rings. The highest BCUT2D eigenvalue weighted by molar-refractivity contribution is 4.91. The molecule has 0 radical (unpaired) electrons. The Hall–Kier alpha value is -0.540. The molecule has 0 atom stereocenters. The SMILES string of the molecule is CCC=C(C)NOCCN. The van der Waals surface area contributed by atoms with Crippen molar-refractivity contribution in [1.29, 1.82) is 0 Å². The van der Waals surface area contributed by atoms with Crippen molar-refractivity contribution in [2.24, 2.45) is 5.73 Å². The number of rotatable bonds is 5. The average molecular weight is 144 g/mol. The van der Waals surface area contributed by atoms with E-state index in [4.69, 9.17) is 10.6 Å². The smallest absolute Gasteiger partial charge is 0.0868 e. The first-order chi connectivity index (χ1) is 4.81. The second-order valence-corrected chi connectivity index (χ2v) is 2.03. The lowest BCUT2D eigenvalue weighted by Crippen LogP contribution is -2.18. The Morgan fingerprint density at radius 1 is 1.70 bits per heavy atom. The van der Waals surface area contributed by atoms with Gasteiger partial charge in [-0.2, -0.15) is 0 Å². The standard InChI is InChI=1S/C7H16N2O/c1-3-4-7(2)9-10-6-5-8/h4,9H,3,5-6,8H2,1-2H3. The van der Waals surface area contributed by atoms with Crippen LogP contribution in [-0.4, -0.2) is 13.2 Å². The van der Waals surface area contributed by atoms with Gasteiger partial charge >= 0.3 is 0 Å². The van der Waals surface area contributed by atoms with E-state index in [9.17, 15) is 0 Å².